The molecule has 0 saturated carbocycles. The van der Waals surface area contributed by atoms with Crippen LogP contribution in [0.4, 0.5) is 0 Å². The smallest absolute Gasteiger partial charge is 0.0991 e. The summed E-state index contributed by atoms with van der Waals surface area (Å²) in [6.45, 7) is 9.90. The van der Waals surface area contributed by atoms with Crippen LogP contribution in [0.25, 0.3) is 0 Å². The van der Waals surface area contributed by atoms with Crippen LogP contribution >= 0.6 is 0 Å². The zero-order valence-corrected chi connectivity index (χ0v) is 8.67. The summed E-state index contributed by atoms with van der Waals surface area (Å²) in [5.41, 5.74) is 1.83. The van der Waals surface area contributed by atoms with Gasteiger partial charge >= 0.3 is 0 Å². The first-order valence-corrected chi connectivity index (χ1v) is 4.53. The molecule has 0 unspecified atom stereocenters. The molecule has 13 heavy (non-hydrogen) atoms. The van der Waals surface area contributed by atoms with Gasteiger partial charge in [-0.05, 0) is 25.3 Å². The van der Waals surface area contributed by atoms with E-state index in [1.54, 1.807) is 6.08 Å². The first kappa shape index (κ1) is 11.7. The van der Waals surface area contributed by atoms with Gasteiger partial charge in [0.1, 0.15) is 0 Å². The van der Waals surface area contributed by atoms with Crippen molar-refractivity contribution in [2.24, 2.45) is 5.92 Å². The fourth-order valence-corrected chi connectivity index (χ4v) is 1.07. The molecule has 0 aromatic rings. The maximum Gasteiger partial charge on any atom is 0.0991 e. The summed E-state index contributed by atoms with van der Waals surface area (Å²) in [5.74, 6) is 0.618. The average molecular weight is 175 g/mol. The quantitative estimate of drug-likeness (QED) is 0.473. The SMILES string of the molecule is C=C/C(C#N)=C\C(=C/C)CC(C)C. The van der Waals surface area contributed by atoms with Crippen molar-refractivity contribution in [2.75, 3.05) is 0 Å². The van der Waals surface area contributed by atoms with Gasteiger partial charge in [0.15, 0.2) is 0 Å². The molecular formula is C12H17N. The molecule has 0 aromatic heterocycles. The Bertz CT molecular complexity index is 261. The first-order chi connectivity index (χ1) is 6.13. The second-order valence-corrected chi connectivity index (χ2v) is 3.38. The van der Waals surface area contributed by atoms with Gasteiger partial charge in [-0.3, -0.25) is 0 Å². The van der Waals surface area contributed by atoms with Gasteiger partial charge in [-0.15, -0.1) is 0 Å². The van der Waals surface area contributed by atoms with Gasteiger partial charge in [-0.2, -0.15) is 5.26 Å². The van der Waals surface area contributed by atoms with E-state index < -0.39 is 0 Å². The molecule has 0 atom stereocenters. The zero-order chi connectivity index (χ0) is 10.3. The maximum absolute atomic E-state index is 8.69. The molecule has 0 aliphatic rings. The summed E-state index contributed by atoms with van der Waals surface area (Å²) in [6, 6.07) is 2.09. The fourth-order valence-electron chi connectivity index (χ4n) is 1.07. The summed E-state index contributed by atoms with van der Waals surface area (Å²) in [4.78, 5) is 0. The van der Waals surface area contributed by atoms with E-state index in [1.807, 2.05) is 19.1 Å². The van der Waals surface area contributed by atoms with E-state index in [9.17, 15) is 0 Å². The average Bonchev–Trinajstić information content (AvgIpc) is 2.11. The summed E-state index contributed by atoms with van der Waals surface area (Å²) in [5, 5.41) is 8.69. The van der Waals surface area contributed by atoms with Crippen LogP contribution in [-0.2, 0) is 0 Å². The molecule has 0 bridgehead atoms. The molecule has 0 spiro atoms. The minimum atomic E-state index is 0.618. The lowest BCUT2D eigenvalue weighted by Gasteiger charge is -2.04. The Morgan fingerprint density at radius 2 is 2.15 bits per heavy atom. The van der Waals surface area contributed by atoms with E-state index in [2.05, 4.69) is 26.5 Å². The summed E-state index contributed by atoms with van der Waals surface area (Å²) < 4.78 is 0. The number of rotatable bonds is 4. The van der Waals surface area contributed by atoms with Gasteiger partial charge in [0, 0.05) is 0 Å². The first-order valence-electron chi connectivity index (χ1n) is 4.53. The van der Waals surface area contributed by atoms with Gasteiger partial charge in [0.25, 0.3) is 0 Å². The van der Waals surface area contributed by atoms with E-state index in [1.165, 1.54) is 5.57 Å². The topological polar surface area (TPSA) is 23.8 Å². The van der Waals surface area contributed by atoms with E-state index in [-0.39, 0.29) is 0 Å². The van der Waals surface area contributed by atoms with E-state index in [4.69, 9.17) is 5.26 Å². The summed E-state index contributed by atoms with van der Waals surface area (Å²) in [7, 11) is 0. The molecule has 1 nitrogen and oxygen atoms in total. The minimum Gasteiger partial charge on any atom is -0.192 e. The molecule has 0 aliphatic heterocycles. The Hall–Kier alpha value is -1.29. The standard InChI is InChI=1S/C12H17N/c1-5-11(7-10(3)4)8-12(6-2)9-13/h5-6,8,10H,2,7H2,1,3-4H3/b11-5-,12-8+. The molecule has 0 fully saturated rings. The lowest BCUT2D eigenvalue weighted by Crippen LogP contribution is -1.89. The Balaban J connectivity index is 4.55. The molecular weight excluding hydrogens is 158 g/mol. The van der Waals surface area contributed by atoms with Crippen LogP contribution in [0.5, 0.6) is 0 Å². The van der Waals surface area contributed by atoms with E-state index in [0.717, 1.165) is 6.42 Å². The Labute approximate surface area is 81.1 Å². The molecule has 1 heteroatoms. The van der Waals surface area contributed by atoms with Gasteiger partial charge in [-0.25, -0.2) is 0 Å². The molecule has 0 aromatic carbocycles. The van der Waals surface area contributed by atoms with Gasteiger partial charge < -0.3 is 0 Å². The zero-order valence-electron chi connectivity index (χ0n) is 8.67. The van der Waals surface area contributed by atoms with Crippen LogP contribution < -0.4 is 0 Å². The van der Waals surface area contributed by atoms with Crippen LogP contribution in [0.3, 0.4) is 0 Å². The highest BCUT2D eigenvalue weighted by Crippen LogP contribution is 2.13. The van der Waals surface area contributed by atoms with Crippen LogP contribution in [-0.4, -0.2) is 0 Å². The number of allylic oxidation sites excluding steroid dienone is 5. The van der Waals surface area contributed by atoms with E-state index in [0.29, 0.717) is 11.5 Å². The third-order valence-corrected chi connectivity index (χ3v) is 1.70. The number of hydrogen-bond acceptors (Lipinski definition) is 1. The predicted octanol–water partition coefficient (Wildman–Crippen LogP) is 3.61. The molecule has 0 amide bonds. The number of nitrogens with zero attached hydrogens (tertiary/aromatic N) is 1. The van der Waals surface area contributed by atoms with Crippen molar-refractivity contribution in [3.8, 4) is 6.07 Å². The van der Waals surface area contributed by atoms with Gasteiger partial charge in [0.05, 0.1) is 11.6 Å². The van der Waals surface area contributed by atoms with Crippen LogP contribution in [0, 0.1) is 17.2 Å². The lowest BCUT2D eigenvalue weighted by atomic mass is 10.0. The predicted molar refractivity (Wildman–Crippen MR) is 57.1 cm³/mol. The molecule has 70 valence electrons. The van der Waals surface area contributed by atoms with Crippen LogP contribution in [0.1, 0.15) is 27.2 Å². The summed E-state index contributed by atoms with van der Waals surface area (Å²) in [6.07, 6.45) is 6.53. The highest BCUT2D eigenvalue weighted by atomic mass is 14.2. The molecule has 0 saturated heterocycles. The monoisotopic (exact) mass is 175 g/mol. The van der Waals surface area contributed by atoms with E-state index >= 15 is 0 Å². The Kier molecular flexibility index (Phi) is 5.63. The van der Waals surface area contributed by atoms with Crippen LogP contribution in [0.2, 0.25) is 0 Å². The second kappa shape index (κ2) is 6.25. The molecule has 0 aliphatic carbocycles. The Morgan fingerprint density at radius 1 is 1.54 bits per heavy atom. The number of hydrogen-bond donors (Lipinski definition) is 0. The van der Waals surface area contributed by atoms with Gasteiger partial charge in [0.2, 0.25) is 0 Å². The second-order valence-electron chi connectivity index (χ2n) is 3.38. The van der Waals surface area contributed by atoms with Crippen molar-refractivity contribution in [1.82, 2.24) is 0 Å². The van der Waals surface area contributed by atoms with Crippen molar-refractivity contribution in [3.63, 3.8) is 0 Å². The van der Waals surface area contributed by atoms with Crippen molar-refractivity contribution in [2.45, 2.75) is 27.2 Å². The maximum atomic E-state index is 8.69. The normalized spacial score (nSPS) is 12.8. The fraction of sp³-hybridized carbons (Fsp3) is 0.417. The molecule has 0 rings (SSSR count). The van der Waals surface area contributed by atoms with Crippen molar-refractivity contribution in [1.29, 1.82) is 5.26 Å². The largest absolute Gasteiger partial charge is 0.192 e. The molecule has 0 radical (unpaired) electrons. The summed E-state index contributed by atoms with van der Waals surface area (Å²) >= 11 is 0. The van der Waals surface area contributed by atoms with Gasteiger partial charge in [-0.1, -0.05) is 38.2 Å². The van der Waals surface area contributed by atoms with Crippen molar-refractivity contribution >= 4 is 0 Å². The molecule has 0 heterocycles. The highest BCUT2D eigenvalue weighted by Gasteiger charge is 1.98. The minimum absolute atomic E-state index is 0.618. The number of nitriles is 1. The van der Waals surface area contributed by atoms with Crippen LogP contribution in [0.15, 0.2) is 36.0 Å². The third kappa shape index (κ3) is 5.03. The van der Waals surface area contributed by atoms with Crippen molar-refractivity contribution in [3.05, 3.63) is 36.0 Å². The highest BCUT2D eigenvalue weighted by molar-refractivity contribution is 5.38. The third-order valence-electron chi connectivity index (χ3n) is 1.70. The lowest BCUT2D eigenvalue weighted by molar-refractivity contribution is 0.649. The van der Waals surface area contributed by atoms with Crippen molar-refractivity contribution < 1.29 is 0 Å². The molecule has 0 N–H and O–H groups in total. The Morgan fingerprint density at radius 3 is 2.46 bits per heavy atom.